The molecule has 4 aromatic rings. The van der Waals surface area contributed by atoms with Crippen molar-refractivity contribution in [3.05, 3.63) is 83.3 Å². The second-order valence-corrected chi connectivity index (χ2v) is 7.01. The van der Waals surface area contributed by atoms with Crippen LogP contribution >= 0.6 is 11.6 Å². The van der Waals surface area contributed by atoms with E-state index in [-0.39, 0.29) is 11.9 Å². The number of benzene rings is 2. The lowest BCUT2D eigenvalue weighted by Gasteiger charge is -2.20. The SMILES string of the molecule is Cc1nc2ccccc2c(N[C@H](C)c2cc(-c3cncnc3)ccc2F)c1Cl. The first-order chi connectivity index (χ1) is 13.5. The lowest BCUT2D eigenvalue weighted by atomic mass is 10.0. The number of rotatable bonds is 4. The number of pyridine rings is 1. The van der Waals surface area contributed by atoms with Crippen LogP contribution < -0.4 is 5.32 Å². The van der Waals surface area contributed by atoms with Crippen molar-refractivity contribution >= 4 is 28.2 Å². The molecule has 2 aromatic carbocycles. The molecule has 0 amide bonds. The standard InChI is InChI=1S/C22H18ClFN4/c1-13(18-9-15(7-8-19(18)24)16-10-25-12-26-11-16)28-22-17-5-3-4-6-20(17)27-14(2)21(22)23/h3-13H,1-2H3,(H,27,28)/t13-/m1/s1. The Morgan fingerprint density at radius 3 is 2.57 bits per heavy atom. The fourth-order valence-corrected chi connectivity index (χ4v) is 3.45. The Morgan fingerprint density at radius 1 is 1.04 bits per heavy atom. The fraction of sp³-hybridized carbons (Fsp3) is 0.136. The monoisotopic (exact) mass is 392 g/mol. The minimum absolute atomic E-state index is 0.285. The van der Waals surface area contributed by atoms with Gasteiger partial charge in [0, 0.05) is 28.9 Å². The van der Waals surface area contributed by atoms with E-state index in [1.807, 2.05) is 44.2 Å². The van der Waals surface area contributed by atoms with Crippen molar-refractivity contribution < 1.29 is 4.39 Å². The van der Waals surface area contributed by atoms with Gasteiger partial charge >= 0.3 is 0 Å². The summed E-state index contributed by atoms with van der Waals surface area (Å²) in [4.78, 5) is 12.6. The van der Waals surface area contributed by atoms with Crippen molar-refractivity contribution in [1.82, 2.24) is 15.0 Å². The molecule has 0 fully saturated rings. The Hall–Kier alpha value is -3.05. The van der Waals surface area contributed by atoms with Crippen LogP contribution in [0.3, 0.4) is 0 Å². The molecule has 0 spiro atoms. The number of para-hydroxylation sites is 1. The zero-order chi connectivity index (χ0) is 19.7. The van der Waals surface area contributed by atoms with Crippen molar-refractivity contribution in [2.24, 2.45) is 0 Å². The van der Waals surface area contributed by atoms with Crippen LogP contribution in [0.5, 0.6) is 0 Å². The molecule has 0 aliphatic heterocycles. The first-order valence-corrected chi connectivity index (χ1v) is 9.28. The second kappa shape index (κ2) is 7.52. The number of aryl methyl sites for hydroxylation is 1. The first-order valence-electron chi connectivity index (χ1n) is 8.91. The molecule has 0 unspecified atom stereocenters. The molecule has 4 nitrogen and oxygen atoms in total. The summed E-state index contributed by atoms with van der Waals surface area (Å²) in [5, 5.41) is 4.83. The molecular weight excluding hydrogens is 375 g/mol. The molecule has 6 heteroatoms. The van der Waals surface area contributed by atoms with Crippen LogP contribution in [0.15, 0.2) is 61.2 Å². The number of nitrogens with one attached hydrogen (secondary N) is 1. The zero-order valence-corrected chi connectivity index (χ0v) is 16.2. The predicted octanol–water partition coefficient (Wildman–Crippen LogP) is 5.97. The van der Waals surface area contributed by atoms with Gasteiger partial charge in [0.2, 0.25) is 0 Å². The van der Waals surface area contributed by atoms with Crippen molar-refractivity contribution in [3.8, 4) is 11.1 Å². The van der Waals surface area contributed by atoms with Gasteiger partial charge in [0.1, 0.15) is 12.1 Å². The molecule has 2 aromatic heterocycles. The number of aromatic nitrogens is 3. The highest BCUT2D eigenvalue weighted by Crippen LogP contribution is 2.35. The first kappa shape index (κ1) is 18.3. The summed E-state index contributed by atoms with van der Waals surface area (Å²) in [6.45, 7) is 3.77. The third-order valence-electron chi connectivity index (χ3n) is 4.72. The molecule has 0 saturated carbocycles. The average molecular weight is 393 g/mol. The van der Waals surface area contributed by atoms with E-state index >= 15 is 0 Å². The van der Waals surface area contributed by atoms with Gasteiger partial charge in [-0.15, -0.1) is 0 Å². The molecule has 4 rings (SSSR count). The van der Waals surface area contributed by atoms with Crippen molar-refractivity contribution in [2.45, 2.75) is 19.9 Å². The van der Waals surface area contributed by atoms with E-state index < -0.39 is 0 Å². The second-order valence-electron chi connectivity index (χ2n) is 6.63. The lowest BCUT2D eigenvalue weighted by molar-refractivity contribution is 0.600. The number of anilines is 1. The summed E-state index contributed by atoms with van der Waals surface area (Å²) >= 11 is 6.54. The number of fused-ring (bicyclic) bond motifs is 1. The largest absolute Gasteiger partial charge is 0.377 e. The van der Waals surface area contributed by atoms with Gasteiger partial charge in [0.15, 0.2) is 0 Å². The minimum Gasteiger partial charge on any atom is -0.377 e. The fourth-order valence-electron chi connectivity index (χ4n) is 3.25. The Bertz CT molecular complexity index is 1150. The molecule has 0 radical (unpaired) electrons. The summed E-state index contributed by atoms with van der Waals surface area (Å²) < 4.78 is 14.6. The van der Waals surface area contributed by atoms with Gasteiger partial charge in [-0.2, -0.15) is 0 Å². The molecule has 0 aliphatic rings. The third kappa shape index (κ3) is 3.41. The molecule has 0 aliphatic carbocycles. The zero-order valence-electron chi connectivity index (χ0n) is 15.4. The summed E-state index contributed by atoms with van der Waals surface area (Å²) in [6.07, 6.45) is 4.88. The highest BCUT2D eigenvalue weighted by Gasteiger charge is 2.17. The van der Waals surface area contributed by atoms with Crippen LogP contribution in [0.2, 0.25) is 5.02 Å². The molecule has 28 heavy (non-hydrogen) atoms. The molecule has 140 valence electrons. The van der Waals surface area contributed by atoms with E-state index in [1.54, 1.807) is 18.5 Å². The van der Waals surface area contributed by atoms with Crippen LogP contribution in [0.1, 0.15) is 24.2 Å². The van der Waals surface area contributed by atoms with Gasteiger partial charge in [-0.3, -0.25) is 4.98 Å². The van der Waals surface area contributed by atoms with E-state index in [4.69, 9.17) is 11.6 Å². The molecule has 0 saturated heterocycles. The summed E-state index contributed by atoms with van der Waals surface area (Å²) in [5.74, 6) is -0.285. The molecule has 1 atom stereocenters. The molecular formula is C22H18ClFN4. The predicted molar refractivity (Wildman–Crippen MR) is 111 cm³/mol. The summed E-state index contributed by atoms with van der Waals surface area (Å²) in [5.41, 5.74) is 4.55. The number of hydrogen-bond donors (Lipinski definition) is 1. The van der Waals surface area contributed by atoms with E-state index in [0.29, 0.717) is 10.6 Å². The number of hydrogen-bond acceptors (Lipinski definition) is 4. The highest BCUT2D eigenvalue weighted by atomic mass is 35.5. The van der Waals surface area contributed by atoms with E-state index in [1.165, 1.54) is 12.4 Å². The number of halogens is 2. The maximum atomic E-state index is 14.6. The average Bonchev–Trinajstić information content (AvgIpc) is 2.72. The maximum Gasteiger partial charge on any atom is 0.128 e. The quantitative estimate of drug-likeness (QED) is 0.465. The van der Waals surface area contributed by atoms with Crippen molar-refractivity contribution in [1.29, 1.82) is 0 Å². The normalized spacial score (nSPS) is 12.1. The molecule has 2 heterocycles. The van der Waals surface area contributed by atoms with Gasteiger partial charge in [-0.25, -0.2) is 14.4 Å². The summed E-state index contributed by atoms with van der Waals surface area (Å²) in [6, 6.07) is 12.4. The van der Waals surface area contributed by atoms with Gasteiger partial charge in [0.25, 0.3) is 0 Å². The van der Waals surface area contributed by atoms with Crippen LogP contribution in [-0.4, -0.2) is 15.0 Å². The van der Waals surface area contributed by atoms with Gasteiger partial charge in [-0.1, -0.05) is 35.9 Å². The third-order valence-corrected chi connectivity index (χ3v) is 5.18. The number of nitrogens with zero attached hydrogens (tertiary/aromatic N) is 3. The Morgan fingerprint density at radius 2 is 1.79 bits per heavy atom. The van der Waals surface area contributed by atoms with Gasteiger partial charge in [0.05, 0.1) is 28.0 Å². The van der Waals surface area contributed by atoms with Crippen LogP contribution in [0.4, 0.5) is 10.1 Å². The Balaban J connectivity index is 1.75. The topological polar surface area (TPSA) is 50.7 Å². The maximum absolute atomic E-state index is 14.6. The van der Waals surface area contributed by atoms with Crippen LogP contribution in [-0.2, 0) is 0 Å². The van der Waals surface area contributed by atoms with Crippen molar-refractivity contribution in [2.75, 3.05) is 5.32 Å². The highest BCUT2D eigenvalue weighted by molar-refractivity contribution is 6.35. The van der Waals surface area contributed by atoms with E-state index in [9.17, 15) is 4.39 Å². The lowest BCUT2D eigenvalue weighted by Crippen LogP contribution is -2.10. The van der Waals surface area contributed by atoms with Gasteiger partial charge < -0.3 is 5.32 Å². The van der Waals surface area contributed by atoms with Crippen LogP contribution in [0, 0.1) is 12.7 Å². The minimum atomic E-state index is -0.313. The Labute approximate surface area is 167 Å². The molecule has 1 N–H and O–H groups in total. The summed E-state index contributed by atoms with van der Waals surface area (Å²) in [7, 11) is 0. The van der Waals surface area contributed by atoms with E-state index in [2.05, 4.69) is 20.3 Å². The van der Waals surface area contributed by atoms with Crippen molar-refractivity contribution in [3.63, 3.8) is 0 Å². The van der Waals surface area contributed by atoms with E-state index in [0.717, 1.165) is 33.4 Å². The van der Waals surface area contributed by atoms with Crippen LogP contribution in [0.25, 0.3) is 22.0 Å². The smallest absolute Gasteiger partial charge is 0.128 e. The van der Waals surface area contributed by atoms with Gasteiger partial charge in [-0.05, 0) is 37.6 Å². The Kier molecular flexibility index (Phi) is 4.92. The molecule has 0 bridgehead atoms.